The number of rotatable bonds is 5. The van der Waals surface area contributed by atoms with E-state index < -0.39 is 24.1 Å². The second-order valence-electron chi connectivity index (χ2n) is 6.13. The van der Waals surface area contributed by atoms with Crippen molar-refractivity contribution in [3.05, 3.63) is 58.6 Å². The molecule has 2 aromatic rings. The van der Waals surface area contributed by atoms with Crippen LogP contribution in [0.4, 0.5) is 5.82 Å². The predicted octanol–water partition coefficient (Wildman–Crippen LogP) is 1.04. The molecule has 0 radical (unpaired) electrons. The van der Waals surface area contributed by atoms with E-state index in [0.717, 1.165) is 0 Å². The highest BCUT2D eigenvalue weighted by molar-refractivity contribution is 6.03. The fraction of sp³-hybridized carbons (Fsp3) is 0.389. The summed E-state index contributed by atoms with van der Waals surface area (Å²) in [6.07, 6.45) is -0.00391. The van der Waals surface area contributed by atoms with E-state index in [1.54, 1.807) is 24.3 Å². The van der Waals surface area contributed by atoms with Crippen LogP contribution >= 0.6 is 0 Å². The van der Waals surface area contributed by atoms with Crippen LogP contribution in [0.5, 0.6) is 0 Å². The van der Waals surface area contributed by atoms with E-state index in [1.807, 2.05) is 13.0 Å². The van der Waals surface area contributed by atoms with Crippen molar-refractivity contribution >= 4 is 11.7 Å². The summed E-state index contributed by atoms with van der Waals surface area (Å²) < 4.78 is 12.5. The number of nitrogens with one attached hydrogen (secondary N) is 1. The van der Waals surface area contributed by atoms with Crippen molar-refractivity contribution in [2.24, 2.45) is 5.92 Å². The first-order valence-electron chi connectivity index (χ1n) is 8.30. The number of benzene rings is 1. The largest absolute Gasteiger partial charge is 0.394 e. The maximum absolute atomic E-state index is 12.4. The molecular formula is C18H21N3O5. The maximum atomic E-state index is 12.4. The van der Waals surface area contributed by atoms with Crippen molar-refractivity contribution in [1.29, 1.82) is 0 Å². The van der Waals surface area contributed by atoms with E-state index in [1.165, 1.54) is 23.9 Å². The van der Waals surface area contributed by atoms with Crippen LogP contribution in [0, 0.1) is 5.92 Å². The lowest BCUT2D eigenvalue weighted by molar-refractivity contribution is -0.0624. The Bertz CT molecular complexity index is 823. The highest BCUT2D eigenvalue weighted by Crippen LogP contribution is 2.34. The molecule has 0 spiro atoms. The van der Waals surface area contributed by atoms with Crippen LogP contribution in [-0.4, -0.2) is 46.5 Å². The molecule has 0 bridgehead atoms. The van der Waals surface area contributed by atoms with Crippen LogP contribution in [0.25, 0.3) is 0 Å². The third kappa shape index (κ3) is 3.52. The van der Waals surface area contributed by atoms with Gasteiger partial charge in [0.25, 0.3) is 5.91 Å². The molecule has 1 aliphatic rings. The van der Waals surface area contributed by atoms with Gasteiger partial charge in [-0.1, -0.05) is 25.1 Å². The molecule has 1 aromatic carbocycles. The molecule has 1 aromatic heterocycles. The van der Waals surface area contributed by atoms with E-state index in [-0.39, 0.29) is 24.2 Å². The van der Waals surface area contributed by atoms with Gasteiger partial charge in [-0.15, -0.1) is 0 Å². The average Bonchev–Trinajstić information content (AvgIpc) is 2.98. The van der Waals surface area contributed by atoms with Crippen molar-refractivity contribution in [1.82, 2.24) is 9.55 Å². The number of amides is 1. The van der Waals surface area contributed by atoms with E-state index in [9.17, 15) is 14.7 Å². The van der Waals surface area contributed by atoms with Gasteiger partial charge in [0.15, 0.2) is 6.23 Å². The summed E-state index contributed by atoms with van der Waals surface area (Å²) in [4.78, 5) is 28.5. The minimum atomic E-state index is -0.689. The quantitative estimate of drug-likeness (QED) is 0.827. The van der Waals surface area contributed by atoms with Crippen molar-refractivity contribution in [2.45, 2.75) is 25.4 Å². The third-order valence-electron chi connectivity index (χ3n) is 4.53. The number of hydrogen-bond donors (Lipinski definition) is 2. The van der Waals surface area contributed by atoms with Gasteiger partial charge in [0.1, 0.15) is 11.9 Å². The van der Waals surface area contributed by atoms with Crippen molar-refractivity contribution < 1.29 is 19.4 Å². The summed E-state index contributed by atoms with van der Waals surface area (Å²) >= 11 is 0. The molecule has 0 unspecified atom stereocenters. The van der Waals surface area contributed by atoms with Crippen LogP contribution < -0.4 is 11.0 Å². The molecule has 138 valence electrons. The van der Waals surface area contributed by atoms with Crippen molar-refractivity contribution in [3.8, 4) is 0 Å². The van der Waals surface area contributed by atoms with Gasteiger partial charge < -0.3 is 19.9 Å². The minimum absolute atomic E-state index is 0.0839. The summed E-state index contributed by atoms with van der Waals surface area (Å²) in [6.45, 7) is 1.73. The van der Waals surface area contributed by atoms with Gasteiger partial charge in [-0.2, -0.15) is 4.98 Å². The summed E-state index contributed by atoms with van der Waals surface area (Å²) in [5, 5.41) is 12.0. The zero-order chi connectivity index (χ0) is 18.7. The Morgan fingerprint density at radius 2 is 2.08 bits per heavy atom. The Kier molecular flexibility index (Phi) is 5.46. The molecule has 0 saturated carbocycles. The molecular weight excluding hydrogens is 338 g/mol. The number of aliphatic hydroxyl groups is 1. The van der Waals surface area contributed by atoms with Crippen molar-refractivity contribution in [3.63, 3.8) is 0 Å². The normalized spacial score (nSPS) is 25.2. The van der Waals surface area contributed by atoms with Crippen LogP contribution in [-0.2, 0) is 9.47 Å². The molecule has 2 heterocycles. The second-order valence-corrected chi connectivity index (χ2v) is 6.13. The van der Waals surface area contributed by atoms with Gasteiger partial charge in [-0.25, -0.2) is 4.79 Å². The Balaban J connectivity index is 1.80. The topological polar surface area (TPSA) is 103 Å². The number of carbonyl (C=O) groups is 1. The van der Waals surface area contributed by atoms with Gasteiger partial charge in [0, 0.05) is 24.8 Å². The zero-order valence-electron chi connectivity index (χ0n) is 14.5. The lowest BCUT2D eigenvalue weighted by Crippen LogP contribution is -2.34. The van der Waals surface area contributed by atoms with Crippen LogP contribution in [0.1, 0.15) is 23.5 Å². The number of aliphatic hydroxyl groups excluding tert-OH is 1. The molecule has 1 aliphatic heterocycles. The zero-order valence-corrected chi connectivity index (χ0v) is 14.5. The van der Waals surface area contributed by atoms with E-state index in [4.69, 9.17) is 9.47 Å². The molecule has 1 fully saturated rings. The van der Waals surface area contributed by atoms with Gasteiger partial charge in [-0.3, -0.25) is 9.36 Å². The molecule has 1 saturated heterocycles. The van der Waals surface area contributed by atoms with E-state index >= 15 is 0 Å². The monoisotopic (exact) mass is 359 g/mol. The van der Waals surface area contributed by atoms with E-state index in [0.29, 0.717) is 5.56 Å². The van der Waals surface area contributed by atoms with Gasteiger partial charge in [0.05, 0.1) is 12.7 Å². The lowest BCUT2D eigenvalue weighted by atomic mass is 10.0. The standard InChI is InChI=1S/C18H21N3O5/c1-11-13(10-22)26-17(15(11)25-2)21-9-8-14(20-18(21)24)19-16(23)12-6-4-3-5-7-12/h3-9,11,13,15,17,22H,10H2,1-2H3,(H,19,20,23,24)/t11-,13-,15-,17-/m1/s1. The minimum Gasteiger partial charge on any atom is -0.394 e. The van der Waals surface area contributed by atoms with Gasteiger partial charge >= 0.3 is 5.69 Å². The average molecular weight is 359 g/mol. The molecule has 4 atom stereocenters. The fourth-order valence-corrected chi connectivity index (χ4v) is 3.07. The van der Waals surface area contributed by atoms with Crippen LogP contribution in [0.2, 0.25) is 0 Å². The molecule has 1 amide bonds. The highest BCUT2D eigenvalue weighted by Gasteiger charge is 2.43. The number of hydrogen-bond acceptors (Lipinski definition) is 6. The smallest absolute Gasteiger partial charge is 0.351 e. The Hall–Kier alpha value is -2.55. The number of aromatic nitrogens is 2. The Labute approximate surface area is 150 Å². The summed E-state index contributed by atoms with van der Waals surface area (Å²) in [5.74, 6) is -0.283. The predicted molar refractivity (Wildman–Crippen MR) is 93.8 cm³/mol. The SMILES string of the molecule is CO[C@@H]1[C@H](C)[C@@H](CO)O[C@H]1n1ccc(NC(=O)c2ccccc2)nc1=O. The number of nitrogens with zero attached hydrogens (tertiary/aromatic N) is 2. The Morgan fingerprint density at radius 1 is 1.35 bits per heavy atom. The summed E-state index contributed by atoms with van der Waals surface area (Å²) in [5.41, 5.74) is -0.106. The first-order chi connectivity index (χ1) is 12.5. The van der Waals surface area contributed by atoms with Crippen LogP contribution in [0.15, 0.2) is 47.4 Å². The second kappa shape index (κ2) is 7.77. The van der Waals surface area contributed by atoms with Gasteiger partial charge in [-0.05, 0) is 18.2 Å². The number of ether oxygens (including phenoxy) is 2. The van der Waals surface area contributed by atoms with Gasteiger partial charge in [0.2, 0.25) is 0 Å². The first-order valence-corrected chi connectivity index (χ1v) is 8.30. The number of methoxy groups -OCH3 is 1. The molecule has 0 aliphatic carbocycles. The maximum Gasteiger partial charge on any atom is 0.351 e. The first kappa shape index (κ1) is 18.2. The Morgan fingerprint density at radius 3 is 2.69 bits per heavy atom. The molecule has 8 nitrogen and oxygen atoms in total. The summed E-state index contributed by atoms with van der Waals surface area (Å²) in [6, 6.07) is 10.2. The summed E-state index contributed by atoms with van der Waals surface area (Å²) in [7, 11) is 1.53. The molecule has 3 rings (SSSR count). The number of anilines is 1. The lowest BCUT2D eigenvalue weighted by Gasteiger charge is -2.21. The molecule has 8 heteroatoms. The highest BCUT2D eigenvalue weighted by atomic mass is 16.6. The van der Waals surface area contributed by atoms with Crippen molar-refractivity contribution in [2.75, 3.05) is 19.0 Å². The number of carbonyl (C=O) groups excluding carboxylic acids is 1. The molecule has 26 heavy (non-hydrogen) atoms. The van der Waals surface area contributed by atoms with Crippen LogP contribution in [0.3, 0.4) is 0 Å². The molecule has 2 N–H and O–H groups in total. The fourth-order valence-electron chi connectivity index (χ4n) is 3.07. The van der Waals surface area contributed by atoms with E-state index in [2.05, 4.69) is 10.3 Å². The third-order valence-corrected chi connectivity index (χ3v) is 4.53.